The SMILES string of the molecule is CCCNc1ncc(COc2cncc(Br)c2)s1. The summed E-state index contributed by atoms with van der Waals surface area (Å²) in [6.07, 6.45) is 6.36. The highest BCUT2D eigenvalue weighted by Crippen LogP contribution is 2.21. The van der Waals surface area contributed by atoms with E-state index in [1.165, 1.54) is 0 Å². The lowest BCUT2D eigenvalue weighted by molar-refractivity contribution is 0.308. The first kappa shape index (κ1) is 13.3. The Morgan fingerprint density at radius 1 is 1.39 bits per heavy atom. The number of ether oxygens (including phenoxy) is 1. The van der Waals surface area contributed by atoms with E-state index in [-0.39, 0.29) is 0 Å². The molecule has 0 unspecified atom stereocenters. The van der Waals surface area contributed by atoms with Gasteiger partial charge in [-0.2, -0.15) is 0 Å². The van der Waals surface area contributed by atoms with E-state index in [4.69, 9.17) is 4.74 Å². The highest BCUT2D eigenvalue weighted by molar-refractivity contribution is 9.10. The summed E-state index contributed by atoms with van der Waals surface area (Å²) >= 11 is 4.98. The van der Waals surface area contributed by atoms with Crippen molar-refractivity contribution >= 4 is 32.4 Å². The first-order valence-corrected chi connectivity index (χ1v) is 7.31. The van der Waals surface area contributed by atoms with Crippen molar-refractivity contribution in [3.05, 3.63) is 34.0 Å². The summed E-state index contributed by atoms with van der Waals surface area (Å²) in [7, 11) is 0. The molecule has 2 heterocycles. The Morgan fingerprint density at radius 3 is 3.06 bits per heavy atom. The van der Waals surface area contributed by atoms with Crippen LogP contribution in [0.3, 0.4) is 0 Å². The fraction of sp³-hybridized carbons (Fsp3) is 0.333. The molecule has 0 aliphatic rings. The molecule has 0 aromatic carbocycles. The van der Waals surface area contributed by atoms with E-state index in [0.717, 1.165) is 33.2 Å². The molecule has 6 heteroatoms. The first-order valence-electron chi connectivity index (χ1n) is 5.70. The molecule has 2 rings (SSSR count). The minimum atomic E-state index is 0.517. The summed E-state index contributed by atoms with van der Waals surface area (Å²) in [4.78, 5) is 9.42. The van der Waals surface area contributed by atoms with Crippen LogP contribution in [0, 0.1) is 0 Å². The van der Waals surface area contributed by atoms with Gasteiger partial charge in [-0.25, -0.2) is 4.98 Å². The molecule has 0 radical (unpaired) electrons. The molecule has 0 aliphatic carbocycles. The molecular weight excluding hydrogens is 314 g/mol. The van der Waals surface area contributed by atoms with Gasteiger partial charge in [0.15, 0.2) is 5.13 Å². The van der Waals surface area contributed by atoms with Gasteiger partial charge >= 0.3 is 0 Å². The van der Waals surface area contributed by atoms with Crippen LogP contribution in [0.15, 0.2) is 29.1 Å². The van der Waals surface area contributed by atoms with E-state index in [9.17, 15) is 0 Å². The molecule has 0 aliphatic heterocycles. The van der Waals surface area contributed by atoms with E-state index < -0.39 is 0 Å². The molecule has 0 spiro atoms. The summed E-state index contributed by atoms with van der Waals surface area (Å²) in [5, 5.41) is 4.20. The summed E-state index contributed by atoms with van der Waals surface area (Å²) in [6.45, 7) is 3.60. The lowest BCUT2D eigenvalue weighted by atomic mass is 10.4. The quantitative estimate of drug-likeness (QED) is 0.878. The lowest BCUT2D eigenvalue weighted by Gasteiger charge is -2.03. The van der Waals surface area contributed by atoms with Gasteiger partial charge in [-0.3, -0.25) is 4.98 Å². The number of hydrogen-bond acceptors (Lipinski definition) is 5. The van der Waals surface area contributed by atoms with Crippen molar-refractivity contribution in [3.8, 4) is 5.75 Å². The van der Waals surface area contributed by atoms with Crippen LogP contribution in [0.5, 0.6) is 5.75 Å². The number of aromatic nitrogens is 2. The molecule has 0 bridgehead atoms. The van der Waals surface area contributed by atoms with Crippen molar-refractivity contribution in [2.75, 3.05) is 11.9 Å². The normalized spacial score (nSPS) is 10.3. The minimum absolute atomic E-state index is 0.517. The lowest BCUT2D eigenvalue weighted by Crippen LogP contribution is -1.97. The molecule has 1 N–H and O–H groups in total. The predicted molar refractivity (Wildman–Crippen MR) is 77.2 cm³/mol. The van der Waals surface area contributed by atoms with Gasteiger partial charge in [-0.15, -0.1) is 0 Å². The summed E-state index contributed by atoms with van der Waals surface area (Å²) < 4.78 is 6.55. The van der Waals surface area contributed by atoms with Crippen molar-refractivity contribution in [2.24, 2.45) is 0 Å². The third kappa shape index (κ3) is 3.96. The molecular formula is C12H14BrN3OS. The largest absolute Gasteiger partial charge is 0.486 e. The van der Waals surface area contributed by atoms with Crippen molar-refractivity contribution in [1.82, 2.24) is 9.97 Å². The molecule has 0 saturated carbocycles. The van der Waals surface area contributed by atoms with E-state index in [1.807, 2.05) is 12.3 Å². The zero-order valence-electron chi connectivity index (χ0n) is 10.0. The molecule has 96 valence electrons. The number of thiazole rings is 1. The Labute approximate surface area is 119 Å². The van der Waals surface area contributed by atoms with Crippen LogP contribution >= 0.6 is 27.3 Å². The number of anilines is 1. The highest BCUT2D eigenvalue weighted by Gasteiger charge is 2.02. The smallest absolute Gasteiger partial charge is 0.182 e. The fourth-order valence-electron chi connectivity index (χ4n) is 1.31. The van der Waals surface area contributed by atoms with Crippen molar-refractivity contribution in [2.45, 2.75) is 20.0 Å². The average molecular weight is 328 g/mol. The van der Waals surface area contributed by atoms with Gasteiger partial charge in [-0.1, -0.05) is 18.3 Å². The highest BCUT2D eigenvalue weighted by atomic mass is 79.9. The molecule has 18 heavy (non-hydrogen) atoms. The second-order valence-corrected chi connectivity index (χ2v) is 5.72. The third-order valence-corrected chi connectivity index (χ3v) is 3.50. The zero-order chi connectivity index (χ0) is 12.8. The van der Waals surface area contributed by atoms with E-state index in [0.29, 0.717) is 6.61 Å². The molecule has 0 fully saturated rings. The molecule has 0 atom stereocenters. The van der Waals surface area contributed by atoms with Crippen LogP contribution in [-0.2, 0) is 6.61 Å². The Balaban J connectivity index is 1.88. The maximum absolute atomic E-state index is 5.64. The van der Waals surface area contributed by atoms with Gasteiger partial charge in [-0.05, 0) is 28.4 Å². The van der Waals surface area contributed by atoms with Gasteiger partial charge in [0.2, 0.25) is 0 Å². The number of nitrogens with one attached hydrogen (secondary N) is 1. The summed E-state index contributed by atoms with van der Waals surface area (Å²) in [5.41, 5.74) is 0. The molecule has 4 nitrogen and oxygen atoms in total. The van der Waals surface area contributed by atoms with Crippen LogP contribution in [0.2, 0.25) is 0 Å². The standard InChI is InChI=1S/C12H14BrN3OS/c1-2-3-15-12-16-7-11(18-12)8-17-10-4-9(13)5-14-6-10/h4-7H,2-3,8H2,1H3,(H,15,16). The molecule has 2 aromatic heterocycles. The van der Waals surface area contributed by atoms with Crippen molar-refractivity contribution in [3.63, 3.8) is 0 Å². The Hall–Kier alpha value is -1.14. The minimum Gasteiger partial charge on any atom is -0.486 e. The predicted octanol–water partition coefficient (Wildman–Crippen LogP) is 3.70. The van der Waals surface area contributed by atoms with Crippen molar-refractivity contribution < 1.29 is 4.74 Å². The summed E-state index contributed by atoms with van der Waals surface area (Å²) in [6, 6.07) is 1.89. The van der Waals surface area contributed by atoms with Gasteiger partial charge < -0.3 is 10.1 Å². The summed E-state index contributed by atoms with van der Waals surface area (Å²) in [5.74, 6) is 0.751. The van der Waals surface area contributed by atoms with Crippen LogP contribution in [0.4, 0.5) is 5.13 Å². The first-order chi connectivity index (χ1) is 8.78. The van der Waals surface area contributed by atoms with Gasteiger partial charge in [0, 0.05) is 23.4 Å². The van der Waals surface area contributed by atoms with Gasteiger partial charge in [0.05, 0.1) is 11.1 Å². The Bertz CT molecular complexity index is 504. The molecule has 0 saturated heterocycles. The number of pyridine rings is 1. The van der Waals surface area contributed by atoms with Crippen LogP contribution in [-0.4, -0.2) is 16.5 Å². The van der Waals surface area contributed by atoms with Gasteiger partial charge in [0.1, 0.15) is 12.4 Å². The number of halogens is 1. The second-order valence-electron chi connectivity index (χ2n) is 3.69. The monoisotopic (exact) mass is 327 g/mol. The fourth-order valence-corrected chi connectivity index (χ4v) is 2.41. The molecule has 2 aromatic rings. The topological polar surface area (TPSA) is 47.0 Å². The second kappa shape index (κ2) is 6.70. The zero-order valence-corrected chi connectivity index (χ0v) is 12.4. The third-order valence-electron chi connectivity index (χ3n) is 2.14. The van der Waals surface area contributed by atoms with Crippen LogP contribution in [0.25, 0.3) is 0 Å². The van der Waals surface area contributed by atoms with Crippen molar-refractivity contribution in [1.29, 1.82) is 0 Å². The van der Waals surface area contributed by atoms with Crippen LogP contribution < -0.4 is 10.1 Å². The number of hydrogen-bond donors (Lipinski definition) is 1. The van der Waals surface area contributed by atoms with Gasteiger partial charge in [0.25, 0.3) is 0 Å². The average Bonchev–Trinajstić information content (AvgIpc) is 2.82. The number of rotatable bonds is 6. The van der Waals surface area contributed by atoms with E-state index >= 15 is 0 Å². The van der Waals surface area contributed by atoms with E-state index in [1.54, 1.807) is 23.7 Å². The maximum Gasteiger partial charge on any atom is 0.182 e. The van der Waals surface area contributed by atoms with Crippen LogP contribution in [0.1, 0.15) is 18.2 Å². The van der Waals surface area contributed by atoms with E-state index in [2.05, 4.69) is 38.1 Å². The maximum atomic E-state index is 5.64. The number of nitrogens with zero attached hydrogens (tertiary/aromatic N) is 2. The Kier molecular flexibility index (Phi) is 4.95. The Morgan fingerprint density at radius 2 is 2.28 bits per heavy atom. The molecule has 0 amide bonds.